The number of aromatic nitrogens is 4. The average molecular weight is 338 g/mol. The molecule has 0 aliphatic carbocycles. The first-order valence-electron chi connectivity index (χ1n) is 6.61. The fourth-order valence-electron chi connectivity index (χ4n) is 1.68. The molecule has 0 aliphatic heterocycles. The first-order chi connectivity index (χ1) is 10.5. The summed E-state index contributed by atoms with van der Waals surface area (Å²) in [5, 5.41) is 11.7. The zero-order chi connectivity index (χ0) is 16.1. The second-order valence-electron chi connectivity index (χ2n) is 4.54. The minimum absolute atomic E-state index is 0.161. The molecule has 2 heterocycles. The molecule has 1 atom stereocenters. The Balaban J connectivity index is 2.02. The van der Waals surface area contributed by atoms with Gasteiger partial charge in [-0.05, 0) is 26.0 Å². The first-order valence-corrected chi connectivity index (χ1v) is 7.86. The van der Waals surface area contributed by atoms with Crippen LogP contribution in [0.3, 0.4) is 0 Å². The van der Waals surface area contributed by atoms with E-state index in [1.165, 1.54) is 18.0 Å². The summed E-state index contributed by atoms with van der Waals surface area (Å²) >= 11 is 7.10. The molecule has 0 radical (unpaired) electrons. The van der Waals surface area contributed by atoms with Crippen LogP contribution in [0, 0.1) is 6.92 Å². The van der Waals surface area contributed by atoms with Gasteiger partial charge in [0.15, 0.2) is 5.16 Å². The van der Waals surface area contributed by atoms with Crippen LogP contribution in [0.15, 0.2) is 36.1 Å². The number of nitrogens with zero attached hydrogens (tertiary/aromatic N) is 4. The molecule has 1 unspecified atom stereocenters. The number of anilines is 1. The lowest BCUT2D eigenvalue weighted by Crippen LogP contribution is -2.23. The van der Waals surface area contributed by atoms with Crippen molar-refractivity contribution < 1.29 is 4.79 Å². The molecule has 0 fully saturated rings. The lowest BCUT2D eigenvalue weighted by atomic mass is 10.4. The molecule has 1 amide bonds. The molecule has 8 heteroatoms. The number of allylic oxidation sites excluding steroid dienone is 1. The Kier molecular flexibility index (Phi) is 5.57. The summed E-state index contributed by atoms with van der Waals surface area (Å²) < 4.78 is 1.90. The summed E-state index contributed by atoms with van der Waals surface area (Å²) in [7, 11) is 0. The van der Waals surface area contributed by atoms with Gasteiger partial charge in [0.25, 0.3) is 0 Å². The zero-order valence-electron chi connectivity index (χ0n) is 12.3. The fourth-order valence-corrected chi connectivity index (χ4v) is 2.69. The molecule has 0 aromatic carbocycles. The van der Waals surface area contributed by atoms with E-state index >= 15 is 0 Å². The van der Waals surface area contributed by atoms with Gasteiger partial charge in [0.2, 0.25) is 5.91 Å². The van der Waals surface area contributed by atoms with Crippen molar-refractivity contribution in [2.45, 2.75) is 30.8 Å². The number of amides is 1. The van der Waals surface area contributed by atoms with Crippen LogP contribution in [0.1, 0.15) is 12.7 Å². The van der Waals surface area contributed by atoms with E-state index in [1.54, 1.807) is 25.1 Å². The Bertz CT molecular complexity index is 670. The van der Waals surface area contributed by atoms with Crippen molar-refractivity contribution in [3.63, 3.8) is 0 Å². The fraction of sp³-hybridized carbons (Fsp3) is 0.286. The van der Waals surface area contributed by atoms with Crippen molar-refractivity contribution in [1.29, 1.82) is 0 Å². The molecule has 0 bridgehead atoms. The van der Waals surface area contributed by atoms with E-state index in [1.807, 2.05) is 11.5 Å². The monoisotopic (exact) mass is 337 g/mol. The molecule has 2 rings (SSSR count). The number of nitrogens with one attached hydrogen (secondary N) is 1. The van der Waals surface area contributed by atoms with Crippen molar-refractivity contribution in [3.05, 3.63) is 41.8 Å². The maximum absolute atomic E-state index is 12.2. The maximum atomic E-state index is 12.2. The SMILES string of the molecule is C=CCn1c(C)nnc1SC(C)C(=O)Nc1ccc(Cl)cn1. The zero-order valence-corrected chi connectivity index (χ0v) is 13.9. The Morgan fingerprint density at radius 2 is 2.32 bits per heavy atom. The molecule has 0 spiro atoms. The van der Waals surface area contributed by atoms with Gasteiger partial charge in [-0.1, -0.05) is 29.4 Å². The average Bonchev–Trinajstić information content (AvgIpc) is 2.83. The topological polar surface area (TPSA) is 72.7 Å². The highest BCUT2D eigenvalue weighted by Crippen LogP contribution is 2.23. The number of carbonyl (C=O) groups is 1. The van der Waals surface area contributed by atoms with Crippen molar-refractivity contribution in [1.82, 2.24) is 19.7 Å². The third-order valence-electron chi connectivity index (χ3n) is 2.84. The standard InChI is InChI=1S/C14H16ClN5OS/c1-4-7-20-10(3)18-19-14(20)22-9(2)13(21)17-12-6-5-11(15)8-16-12/h4-6,8-9H,1,7H2,2-3H3,(H,16,17,21). The van der Waals surface area contributed by atoms with Gasteiger partial charge in [0, 0.05) is 12.7 Å². The number of aryl methyl sites for hydroxylation is 1. The van der Waals surface area contributed by atoms with E-state index < -0.39 is 0 Å². The molecule has 116 valence electrons. The molecule has 1 N–H and O–H groups in total. The summed E-state index contributed by atoms with van der Waals surface area (Å²) in [5.74, 6) is 1.09. The van der Waals surface area contributed by atoms with Crippen LogP contribution in [0.2, 0.25) is 5.02 Å². The highest BCUT2D eigenvalue weighted by molar-refractivity contribution is 8.00. The van der Waals surface area contributed by atoms with Crippen LogP contribution in [0.4, 0.5) is 5.82 Å². The number of thioether (sulfide) groups is 1. The number of hydrogen-bond acceptors (Lipinski definition) is 5. The van der Waals surface area contributed by atoms with Crippen molar-refractivity contribution in [2.24, 2.45) is 0 Å². The van der Waals surface area contributed by atoms with E-state index in [2.05, 4.69) is 27.1 Å². The van der Waals surface area contributed by atoms with Crippen LogP contribution in [-0.2, 0) is 11.3 Å². The van der Waals surface area contributed by atoms with Crippen LogP contribution in [0.25, 0.3) is 0 Å². The minimum atomic E-state index is -0.343. The highest BCUT2D eigenvalue weighted by Gasteiger charge is 2.19. The number of rotatable bonds is 6. The number of halogens is 1. The van der Waals surface area contributed by atoms with Crippen molar-refractivity contribution in [2.75, 3.05) is 5.32 Å². The number of pyridine rings is 1. The molecular weight excluding hydrogens is 322 g/mol. The van der Waals surface area contributed by atoms with Crippen LogP contribution in [-0.4, -0.2) is 30.9 Å². The molecule has 22 heavy (non-hydrogen) atoms. The summed E-state index contributed by atoms with van der Waals surface area (Å²) in [4.78, 5) is 16.2. The van der Waals surface area contributed by atoms with Gasteiger partial charge in [0.1, 0.15) is 11.6 Å². The Morgan fingerprint density at radius 1 is 1.55 bits per heavy atom. The van der Waals surface area contributed by atoms with Crippen LogP contribution < -0.4 is 5.32 Å². The predicted octanol–water partition coefficient (Wildman–Crippen LogP) is 2.94. The molecule has 2 aromatic heterocycles. The maximum Gasteiger partial charge on any atom is 0.238 e. The Hall–Kier alpha value is -1.86. The smallest absolute Gasteiger partial charge is 0.238 e. The molecule has 2 aromatic rings. The predicted molar refractivity (Wildman–Crippen MR) is 88.2 cm³/mol. The lowest BCUT2D eigenvalue weighted by Gasteiger charge is -2.12. The van der Waals surface area contributed by atoms with Gasteiger partial charge in [-0.15, -0.1) is 16.8 Å². The van der Waals surface area contributed by atoms with E-state index in [-0.39, 0.29) is 11.2 Å². The van der Waals surface area contributed by atoms with Gasteiger partial charge < -0.3 is 9.88 Å². The van der Waals surface area contributed by atoms with Crippen molar-refractivity contribution >= 4 is 35.1 Å². The summed E-state index contributed by atoms with van der Waals surface area (Å²) in [5.41, 5.74) is 0. The van der Waals surface area contributed by atoms with Gasteiger partial charge in [-0.2, -0.15) is 0 Å². The quantitative estimate of drug-likeness (QED) is 0.648. The largest absolute Gasteiger partial charge is 0.310 e. The van der Waals surface area contributed by atoms with Gasteiger partial charge in [-0.25, -0.2) is 4.98 Å². The minimum Gasteiger partial charge on any atom is -0.310 e. The number of hydrogen-bond donors (Lipinski definition) is 1. The van der Waals surface area contributed by atoms with E-state index in [0.29, 0.717) is 22.5 Å². The highest BCUT2D eigenvalue weighted by atomic mass is 35.5. The van der Waals surface area contributed by atoms with E-state index in [0.717, 1.165) is 5.82 Å². The molecule has 0 aliphatic rings. The van der Waals surface area contributed by atoms with Gasteiger partial charge in [-0.3, -0.25) is 4.79 Å². The Morgan fingerprint density at radius 3 is 2.95 bits per heavy atom. The number of carbonyl (C=O) groups excluding carboxylic acids is 1. The lowest BCUT2D eigenvalue weighted by molar-refractivity contribution is -0.115. The molecule has 0 saturated heterocycles. The van der Waals surface area contributed by atoms with E-state index in [9.17, 15) is 4.79 Å². The second-order valence-corrected chi connectivity index (χ2v) is 6.28. The van der Waals surface area contributed by atoms with Gasteiger partial charge in [0.05, 0.1) is 10.3 Å². The van der Waals surface area contributed by atoms with Gasteiger partial charge >= 0.3 is 0 Å². The summed E-state index contributed by atoms with van der Waals surface area (Å²) in [6.45, 7) is 7.98. The van der Waals surface area contributed by atoms with Crippen LogP contribution in [0.5, 0.6) is 0 Å². The van der Waals surface area contributed by atoms with Crippen molar-refractivity contribution in [3.8, 4) is 0 Å². The van der Waals surface area contributed by atoms with E-state index in [4.69, 9.17) is 11.6 Å². The van der Waals surface area contributed by atoms with Crippen LogP contribution >= 0.6 is 23.4 Å². The summed E-state index contributed by atoms with van der Waals surface area (Å²) in [6, 6.07) is 3.33. The molecular formula is C14H16ClN5OS. The molecule has 6 nitrogen and oxygen atoms in total. The third-order valence-corrected chi connectivity index (χ3v) is 4.15. The summed E-state index contributed by atoms with van der Waals surface area (Å²) in [6.07, 6.45) is 3.25. The normalized spacial score (nSPS) is 12.0. The second kappa shape index (κ2) is 7.42. The third kappa shape index (κ3) is 4.08. The first kappa shape index (κ1) is 16.5. The Labute approximate surface area is 138 Å². The molecule has 0 saturated carbocycles.